The van der Waals surface area contributed by atoms with Gasteiger partial charge in [0.05, 0.1) is 23.1 Å². The molecule has 0 aliphatic carbocycles. The predicted molar refractivity (Wildman–Crippen MR) is 96.5 cm³/mol. The summed E-state index contributed by atoms with van der Waals surface area (Å²) in [7, 11) is -2.45. The van der Waals surface area contributed by atoms with Crippen molar-refractivity contribution in [3.63, 3.8) is 0 Å². The predicted octanol–water partition coefficient (Wildman–Crippen LogP) is 3.59. The van der Waals surface area contributed by atoms with Crippen LogP contribution in [0.25, 0.3) is 10.9 Å². The lowest BCUT2D eigenvalue weighted by atomic mass is 10.0. The molecular weight excluding hydrogens is 338 g/mol. The maximum absolute atomic E-state index is 13.1. The summed E-state index contributed by atoms with van der Waals surface area (Å²) >= 11 is 0. The first-order chi connectivity index (χ1) is 11.8. The smallest absolute Gasteiger partial charge is 0.338 e. The molecule has 3 rings (SSSR count). The number of esters is 1. The lowest BCUT2D eigenvalue weighted by Gasteiger charge is -2.12. The Hall–Kier alpha value is -2.60. The van der Waals surface area contributed by atoms with Crippen LogP contribution >= 0.6 is 0 Å². The Bertz CT molecular complexity index is 1080. The molecule has 0 saturated heterocycles. The minimum Gasteiger partial charge on any atom is -0.465 e. The minimum absolute atomic E-state index is 0.204. The van der Waals surface area contributed by atoms with Crippen LogP contribution in [0.5, 0.6) is 0 Å². The SMILES string of the molecule is COC(=O)c1c(C)cc(C)c2c1ccn2S(=O)(=O)c1ccc(C)cc1. The third-order valence-electron chi connectivity index (χ3n) is 4.29. The van der Waals surface area contributed by atoms with Gasteiger partial charge in [0.2, 0.25) is 0 Å². The monoisotopic (exact) mass is 357 g/mol. The van der Waals surface area contributed by atoms with E-state index in [2.05, 4.69) is 0 Å². The van der Waals surface area contributed by atoms with Crippen LogP contribution in [0.3, 0.4) is 0 Å². The van der Waals surface area contributed by atoms with Gasteiger partial charge in [-0.05, 0) is 50.1 Å². The van der Waals surface area contributed by atoms with E-state index >= 15 is 0 Å². The Labute approximate surface area is 146 Å². The molecule has 0 N–H and O–H groups in total. The van der Waals surface area contributed by atoms with Crippen molar-refractivity contribution < 1.29 is 17.9 Å². The quantitative estimate of drug-likeness (QED) is 0.672. The summed E-state index contributed by atoms with van der Waals surface area (Å²) in [5, 5.41) is 0.569. The standard InChI is InChI=1S/C19H19NO4S/c1-12-5-7-15(8-6-12)25(22,23)20-10-9-16-17(19(21)24-4)13(2)11-14(3)18(16)20/h5-11H,1-4H3. The van der Waals surface area contributed by atoms with E-state index < -0.39 is 16.0 Å². The summed E-state index contributed by atoms with van der Waals surface area (Å²) in [4.78, 5) is 12.3. The summed E-state index contributed by atoms with van der Waals surface area (Å²) in [6.07, 6.45) is 1.48. The van der Waals surface area contributed by atoms with Gasteiger partial charge < -0.3 is 4.74 Å². The van der Waals surface area contributed by atoms with Gasteiger partial charge in [0, 0.05) is 11.6 Å². The molecule has 3 aromatic rings. The summed E-state index contributed by atoms with van der Waals surface area (Å²) in [5.41, 5.74) is 3.40. The van der Waals surface area contributed by atoms with Gasteiger partial charge >= 0.3 is 5.97 Å². The van der Waals surface area contributed by atoms with E-state index in [-0.39, 0.29) is 4.90 Å². The number of methoxy groups -OCH3 is 1. The normalized spacial score (nSPS) is 11.7. The fourth-order valence-electron chi connectivity index (χ4n) is 3.08. The summed E-state index contributed by atoms with van der Waals surface area (Å²) in [6.45, 7) is 5.54. The Kier molecular flexibility index (Phi) is 4.16. The molecular formula is C19H19NO4S. The van der Waals surface area contributed by atoms with Crippen LogP contribution in [0, 0.1) is 20.8 Å². The van der Waals surface area contributed by atoms with Crippen molar-refractivity contribution in [2.45, 2.75) is 25.7 Å². The average molecular weight is 357 g/mol. The molecule has 0 bridgehead atoms. The molecule has 2 aromatic carbocycles. The van der Waals surface area contributed by atoms with Crippen molar-refractivity contribution in [2.75, 3.05) is 7.11 Å². The molecule has 0 spiro atoms. The van der Waals surface area contributed by atoms with Crippen LogP contribution in [0.2, 0.25) is 0 Å². The van der Waals surface area contributed by atoms with E-state index in [9.17, 15) is 13.2 Å². The van der Waals surface area contributed by atoms with Crippen LogP contribution in [0.15, 0.2) is 47.5 Å². The number of rotatable bonds is 3. The molecule has 1 heterocycles. The largest absolute Gasteiger partial charge is 0.465 e. The first kappa shape index (κ1) is 17.2. The molecule has 25 heavy (non-hydrogen) atoms. The molecule has 0 unspecified atom stereocenters. The summed E-state index contributed by atoms with van der Waals surface area (Å²) in [6, 6.07) is 10.1. The van der Waals surface area contributed by atoms with Crippen molar-refractivity contribution >= 4 is 26.9 Å². The lowest BCUT2D eigenvalue weighted by Crippen LogP contribution is -2.13. The van der Waals surface area contributed by atoms with Crippen LogP contribution in [0.1, 0.15) is 27.0 Å². The number of carbonyl (C=O) groups is 1. The fourth-order valence-corrected chi connectivity index (χ4v) is 4.49. The summed E-state index contributed by atoms with van der Waals surface area (Å²) < 4.78 is 32.2. The Morgan fingerprint density at radius 2 is 1.64 bits per heavy atom. The van der Waals surface area contributed by atoms with Gasteiger partial charge in [0.1, 0.15) is 0 Å². The lowest BCUT2D eigenvalue weighted by molar-refractivity contribution is 0.0602. The first-order valence-electron chi connectivity index (χ1n) is 7.79. The molecule has 0 amide bonds. The van der Waals surface area contributed by atoms with Crippen molar-refractivity contribution in [2.24, 2.45) is 0 Å². The van der Waals surface area contributed by atoms with E-state index in [0.29, 0.717) is 16.5 Å². The molecule has 0 saturated carbocycles. The molecule has 0 aliphatic heterocycles. The molecule has 0 radical (unpaired) electrons. The molecule has 130 valence electrons. The average Bonchev–Trinajstić information content (AvgIpc) is 3.01. The van der Waals surface area contributed by atoms with Gasteiger partial charge in [0.15, 0.2) is 0 Å². The second-order valence-corrected chi connectivity index (χ2v) is 7.88. The number of aromatic nitrogens is 1. The Balaban J connectivity index is 2.32. The second-order valence-electron chi connectivity index (χ2n) is 6.07. The number of benzene rings is 2. The Morgan fingerprint density at radius 3 is 2.24 bits per heavy atom. The van der Waals surface area contributed by atoms with Gasteiger partial charge in [0.25, 0.3) is 10.0 Å². The molecule has 1 aromatic heterocycles. The fraction of sp³-hybridized carbons (Fsp3) is 0.211. The second kappa shape index (κ2) is 6.04. The van der Waals surface area contributed by atoms with Gasteiger partial charge in [-0.3, -0.25) is 0 Å². The van der Waals surface area contributed by atoms with E-state index in [1.807, 2.05) is 20.8 Å². The zero-order valence-corrected chi connectivity index (χ0v) is 15.3. The van der Waals surface area contributed by atoms with Crippen LogP contribution in [0.4, 0.5) is 0 Å². The number of aryl methyl sites for hydroxylation is 3. The molecule has 6 heteroatoms. The van der Waals surface area contributed by atoms with Crippen LogP contribution < -0.4 is 0 Å². The number of hydrogen-bond acceptors (Lipinski definition) is 4. The minimum atomic E-state index is -3.76. The van der Waals surface area contributed by atoms with Gasteiger partial charge in [-0.25, -0.2) is 17.2 Å². The first-order valence-corrected chi connectivity index (χ1v) is 9.23. The third-order valence-corrected chi connectivity index (χ3v) is 5.98. The zero-order chi connectivity index (χ0) is 18.4. The Morgan fingerprint density at radius 1 is 1.00 bits per heavy atom. The van der Waals surface area contributed by atoms with Crippen molar-refractivity contribution in [1.29, 1.82) is 0 Å². The van der Waals surface area contributed by atoms with Gasteiger partial charge in [-0.15, -0.1) is 0 Å². The van der Waals surface area contributed by atoms with Crippen LogP contribution in [-0.4, -0.2) is 25.5 Å². The zero-order valence-electron chi connectivity index (χ0n) is 14.5. The number of nitrogens with zero attached hydrogens (tertiary/aromatic N) is 1. The van der Waals surface area contributed by atoms with Gasteiger partial charge in [-0.1, -0.05) is 23.8 Å². The number of hydrogen-bond donors (Lipinski definition) is 0. The highest BCUT2D eigenvalue weighted by Gasteiger charge is 2.24. The number of ether oxygens (including phenoxy) is 1. The van der Waals surface area contributed by atoms with Crippen molar-refractivity contribution in [3.8, 4) is 0 Å². The van der Waals surface area contributed by atoms with Gasteiger partial charge in [-0.2, -0.15) is 0 Å². The highest BCUT2D eigenvalue weighted by molar-refractivity contribution is 7.90. The molecule has 0 fully saturated rings. The van der Waals surface area contributed by atoms with E-state index in [1.165, 1.54) is 17.3 Å². The van der Waals surface area contributed by atoms with Crippen molar-refractivity contribution in [3.05, 3.63) is 64.8 Å². The van der Waals surface area contributed by atoms with E-state index in [1.54, 1.807) is 36.4 Å². The third kappa shape index (κ3) is 2.72. The number of carbonyl (C=O) groups excluding carboxylic acids is 1. The molecule has 0 atom stereocenters. The topological polar surface area (TPSA) is 65.4 Å². The molecule has 0 aliphatic rings. The number of fused-ring (bicyclic) bond motifs is 1. The summed E-state index contributed by atoms with van der Waals surface area (Å²) in [5.74, 6) is -0.479. The van der Waals surface area contributed by atoms with E-state index in [4.69, 9.17) is 4.74 Å². The van der Waals surface area contributed by atoms with E-state index in [0.717, 1.165) is 16.7 Å². The molecule has 5 nitrogen and oxygen atoms in total. The highest BCUT2D eigenvalue weighted by Crippen LogP contribution is 2.30. The van der Waals surface area contributed by atoms with Crippen molar-refractivity contribution in [1.82, 2.24) is 3.97 Å². The highest BCUT2D eigenvalue weighted by atomic mass is 32.2. The maximum atomic E-state index is 13.1. The maximum Gasteiger partial charge on any atom is 0.338 e. The van der Waals surface area contributed by atoms with Crippen LogP contribution in [-0.2, 0) is 14.8 Å².